The van der Waals surface area contributed by atoms with Crippen LogP contribution in [0.2, 0.25) is 0 Å². The SMILES string of the molecule is Cc1cc(C)c(NC2CCOCC2)c(C)c1. The lowest BCUT2D eigenvalue weighted by molar-refractivity contribution is 0.0904. The van der Waals surface area contributed by atoms with Gasteiger partial charge in [0.25, 0.3) is 0 Å². The third-order valence-electron chi connectivity index (χ3n) is 3.25. The number of anilines is 1. The number of benzene rings is 1. The second-order valence-corrected chi connectivity index (χ2v) is 4.80. The van der Waals surface area contributed by atoms with E-state index in [0.717, 1.165) is 26.1 Å². The van der Waals surface area contributed by atoms with Crippen LogP contribution in [-0.2, 0) is 4.74 Å². The van der Waals surface area contributed by atoms with Gasteiger partial charge >= 0.3 is 0 Å². The summed E-state index contributed by atoms with van der Waals surface area (Å²) < 4.78 is 5.38. The quantitative estimate of drug-likeness (QED) is 0.824. The third-order valence-corrected chi connectivity index (χ3v) is 3.25. The molecule has 0 amide bonds. The molecule has 1 N–H and O–H groups in total. The van der Waals surface area contributed by atoms with Crippen molar-refractivity contribution < 1.29 is 4.74 Å². The minimum atomic E-state index is 0.578. The Morgan fingerprint density at radius 1 is 1.06 bits per heavy atom. The second-order valence-electron chi connectivity index (χ2n) is 4.80. The largest absolute Gasteiger partial charge is 0.382 e. The number of hydrogen-bond donors (Lipinski definition) is 1. The fourth-order valence-electron chi connectivity index (χ4n) is 2.45. The molecule has 1 heterocycles. The minimum absolute atomic E-state index is 0.578. The summed E-state index contributed by atoms with van der Waals surface area (Å²) in [6.45, 7) is 8.30. The molecule has 88 valence electrons. The monoisotopic (exact) mass is 219 g/mol. The maximum absolute atomic E-state index is 5.38. The van der Waals surface area contributed by atoms with Gasteiger partial charge in [0, 0.05) is 24.9 Å². The summed E-state index contributed by atoms with van der Waals surface area (Å²) in [6, 6.07) is 5.07. The van der Waals surface area contributed by atoms with Crippen LogP contribution in [0.1, 0.15) is 29.5 Å². The highest BCUT2D eigenvalue weighted by atomic mass is 16.5. The van der Waals surface area contributed by atoms with Gasteiger partial charge in [-0.15, -0.1) is 0 Å². The summed E-state index contributed by atoms with van der Waals surface area (Å²) in [4.78, 5) is 0. The molecular formula is C14H21NO. The topological polar surface area (TPSA) is 21.3 Å². The summed E-state index contributed by atoms with van der Waals surface area (Å²) in [6.07, 6.45) is 2.24. The first-order valence-electron chi connectivity index (χ1n) is 6.09. The zero-order valence-corrected chi connectivity index (χ0v) is 10.5. The van der Waals surface area contributed by atoms with Gasteiger partial charge in [0.15, 0.2) is 0 Å². The molecule has 1 aliphatic rings. The highest BCUT2D eigenvalue weighted by Crippen LogP contribution is 2.24. The van der Waals surface area contributed by atoms with E-state index in [-0.39, 0.29) is 0 Å². The van der Waals surface area contributed by atoms with E-state index in [1.54, 1.807) is 0 Å². The van der Waals surface area contributed by atoms with Crippen LogP contribution in [0.15, 0.2) is 12.1 Å². The van der Waals surface area contributed by atoms with Gasteiger partial charge < -0.3 is 10.1 Å². The molecule has 0 unspecified atom stereocenters. The van der Waals surface area contributed by atoms with Crippen molar-refractivity contribution in [1.29, 1.82) is 0 Å². The number of hydrogen-bond acceptors (Lipinski definition) is 2. The van der Waals surface area contributed by atoms with E-state index in [4.69, 9.17) is 4.74 Å². The molecule has 1 aromatic carbocycles. The zero-order valence-electron chi connectivity index (χ0n) is 10.5. The van der Waals surface area contributed by atoms with Crippen molar-refractivity contribution in [1.82, 2.24) is 0 Å². The maximum Gasteiger partial charge on any atom is 0.0485 e. The Morgan fingerprint density at radius 3 is 2.19 bits per heavy atom. The summed E-state index contributed by atoms with van der Waals surface area (Å²) in [7, 11) is 0. The summed E-state index contributed by atoms with van der Waals surface area (Å²) in [5, 5.41) is 3.66. The maximum atomic E-state index is 5.38. The van der Waals surface area contributed by atoms with E-state index >= 15 is 0 Å². The molecule has 1 fully saturated rings. The normalized spacial score (nSPS) is 17.4. The van der Waals surface area contributed by atoms with Gasteiger partial charge in [-0.2, -0.15) is 0 Å². The van der Waals surface area contributed by atoms with Crippen molar-refractivity contribution >= 4 is 5.69 Å². The molecule has 0 aromatic heterocycles. The first-order valence-corrected chi connectivity index (χ1v) is 6.09. The standard InChI is InChI=1S/C14H21NO/c1-10-8-11(2)14(12(3)9-10)15-13-4-6-16-7-5-13/h8-9,13,15H,4-7H2,1-3H3. The van der Waals surface area contributed by atoms with Crippen LogP contribution in [0.5, 0.6) is 0 Å². The van der Waals surface area contributed by atoms with Crippen LogP contribution in [-0.4, -0.2) is 19.3 Å². The van der Waals surface area contributed by atoms with Crippen molar-refractivity contribution in [2.24, 2.45) is 0 Å². The van der Waals surface area contributed by atoms with E-state index in [1.807, 2.05) is 0 Å². The molecule has 1 aromatic rings. The van der Waals surface area contributed by atoms with Crippen LogP contribution in [0.4, 0.5) is 5.69 Å². The molecule has 0 saturated carbocycles. The highest BCUT2D eigenvalue weighted by molar-refractivity contribution is 5.58. The predicted molar refractivity (Wildman–Crippen MR) is 68.1 cm³/mol. The fraction of sp³-hybridized carbons (Fsp3) is 0.571. The lowest BCUT2D eigenvalue weighted by Gasteiger charge is -2.26. The first-order chi connectivity index (χ1) is 7.66. The molecular weight excluding hydrogens is 198 g/mol. The van der Waals surface area contributed by atoms with E-state index in [1.165, 1.54) is 22.4 Å². The molecule has 2 nitrogen and oxygen atoms in total. The van der Waals surface area contributed by atoms with Crippen molar-refractivity contribution in [2.75, 3.05) is 18.5 Å². The number of ether oxygens (including phenoxy) is 1. The van der Waals surface area contributed by atoms with E-state index in [0.29, 0.717) is 6.04 Å². The Balaban J connectivity index is 2.14. The average molecular weight is 219 g/mol. The molecule has 0 bridgehead atoms. The minimum Gasteiger partial charge on any atom is -0.382 e. The molecule has 0 atom stereocenters. The van der Waals surface area contributed by atoms with Gasteiger partial charge in [-0.3, -0.25) is 0 Å². The number of nitrogens with one attached hydrogen (secondary N) is 1. The van der Waals surface area contributed by atoms with Gasteiger partial charge in [-0.25, -0.2) is 0 Å². The molecule has 0 aliphatic carbocycles. The Morgan fingerprint density at radius 2 is 1.62 bits per heavy atom. The van der Waals surface area contributed by atoms with Crippen LogP contribution >= 0.6 is 0 Å². The Bertz CT molecular complexity index is 344. The molecule has 1 saturated heterocycles. The Kier molecular flexibility index (Phi) is 3.49. The Labute approximate surface area is 98.0 Å². The highest BCUT2D eigenvalue weighted by Gasteiger charge is 2.15. The van der Waals surface area contributed by atoms with E-state index in [9.17, 15) is 0 Å². The van der Waals surface area contributed by atoms with E-state index < -0.39 is 0 Å². The number of rotatable bonds is 2. The van der Waals surface area contributed by atoms with Gasteiger partial charge in [-0.05, 0) is 44.7 Å². The van der Waals surface area contributed by atoms with Gasteiger partial charge in [0.1, 0.15) is 0 Å². The molecule has 2 heteroatoms. The second kappa shape index (κ2) is 4.88. The predicted octanol–water partition coefficient (Wildman–Crippen LogP) is 3.20. The van der Waals surface area contributed by atoms with Crippen LogP contribution in [0.25, 0.3) is 0 Å². The molecule has 1 aliphatic heterocycles. The lowest BCUT2D eigenvalue weighted by Crippen LogP contribution is -2.28. The molecule has 16 heavy (non-hydrogen) atoms. The lowest BCUT2D eigenvalue weighted by atomic mass is 10.0. The Hall–Kier alpha value is -1.02. The van der Waals surface area contributed by atoms with Gasteiger partial charge in [0.05, 0.1) is 0 Å². The average Bonchev–Trinajstić information content (AvgIpc) is 2.25. The summed E-state index contributed by atoms with van der Waals surface area (Å²) in [5.41, 5.74) is 5.36. The van der Waals surface area contributed by atoms with Crippen LogP contribution in [0.3, 0.4) is 0 Å². The first kappa shape index (κ1) is 11.5. The number of aryl methyl sites for hydroxylation is 3. The van der Waals surface area contributed by atoms with E-state index in [2.05, 4.69) is 38.2 Å². The fourth-order valence-corrected chi connectivity index (χ4v) is 2.45. The molecule has 0 radical (unpaired) electrons. The van der Waals surface area contributed by atoms with Crippen molar-refractivity contribution in [2.45, 2.75) is 39.7 Å². The van der Waals surface area contributed by atoms with Gasteiger partial charge in [-0.1, -0.05) is 17.7 Å². The van der Waals surface area contributed by atoms with Gasteiger partial charge in [0.2, 0.25) is 0 Å². The zero-order chi connectivity index (χ0) is 11.5. The van der Waals surface area contributed by atoms with Crippen molar-refractivity contribution in [3.05, 3.63) is 28.8 Å². The third kappa shape index (κ3) is 2.56. The van der Waals surface area contributed by atoms with Crippen LogP contribution < -0.4 is 5.32 Å². The molecule has 0 spiro atoms. The molecule has 2 rings (SSSR count). The summed E-state index contributed by atoms with van der Waals surface area (Å²) in [5.74, 6) is 0. The van der Waals surface area contributed by atoms with Crippen molar-refractivity contribution in [3.63, 3.8) is 0 Å². The summed E-state index contributed by atoms with van der Waals surface area (Å²) >= 11 is 0. The smallest absolute Gasteiger partial charge is 0.0485 e. The van der Waals surface area contributed by atoms with Crippen LogP contribution in [0, 0.1) is 20.8 Å². The van der Waals surface area contributed by atoms with Crippen molar-refractivity contribution in [3.8, 4) is 0 Å².